The minimum absolute atomic E-state index is 0.368. The molecule has 1 aromatic rings. The average Bonchev–Trinajstić information content (AvgIpc) is 2.24. The molecule has 0 fully saturated rings. The van der Waals surface area contributed by atoms with Crippen LogP contribution in [0.15, 0.2) is 27.5 Å². The molecule has 0 radical (unpaired) electrons. The summed E-state index contributed by atoms with van der Waals surface area (Å²) in [6, 6.07) is 5.41. The SMILES string of the molecule is CC1=NS(=O)(=O)c2c(C)cccc21. The molecule has 1 heterocycles. The van der Waals surface area contributed by atoms with Crippen LogP contribution in [0, 0.1) is 6.92 Å². The third kappa shape index (κ3) is 1.09. The fraction of sp³-hybridized carbons (Fsp3) is 0.222. The van der Waals surface area contributed by atoms with Crippen LogP contribution in [0.5, 0.6) is 0 Å². The zero-order valence-electron chi connectivity index (χ0n) is 7.40. The van der Waals surface area contributed by atoms with Crippen molar-refractivity contribution in [2.75, 3.05) is 0 Å². The largest absolute Gasteiger partial charge is 0.283 e. The van der Waals surface area contributed by atoms with Gasteiger partial charge in [-0.25, -0.2) is 0 Å². The summed E-state index contributed by atoms with van der Waals surface area (Å²) in [6.07, 6.45) is 0. The third-order valence-electron chi connectivity index (χ3n) is 2.12. The maximum atomic E-state index is 11.5. The molecule has 0 aliphatic carbocycles. The molecular formula is C9H9NO2S. The molecule has 13 heavy (non-hydrogen) atoms. The first-order chi connectivity index (χ1) is 6.02. The predicted molar refractivity (Wildman–Crippen MR) is 50.6 cm³/mol. The van der Waals surface area contributed by atoms with Crippen LogP contribution in [0.25, 0.3) is 0 Å². The predicted octanol–water partition coefficient (Wildman–Crippen LogP) is 1.51. The Bertz CT molecular complexity index is 500. The Morgan fingerprint density at radius 3 is 2.54 bits per heavy atom. The Labute approximate surface area is 77.2 Å². The monoisotopic (exact) mass is 195 g/mol. The fourth-order valence-electron chi connectivity index (χ4n) is 1.55. The van der Waals surface area contributed by atoms with Crippen LogP contribution in [0.3, 0.4) is 0 Å². The summed E-state index contributed by atoms with van der Waals surface area (Å²) in [4.78, 5) is 0.368. The van der Waals surface area contributed by atoms with Gasteiger partial charge in [0.2, 0.25) is 0 Å². The number of hydrogen-bond acceptors (Lipinski definition) is 2. The van der Waals surface area contributed by atoms with E-state index in [4.69, 9.17) is 0 Å². The van der Waals surface area contributed by atoms with E-state index in [1.54, 1.807) is 26.0 Å². The maximum absolute atomic E-state index is 11.5. The summed E-state index contributed by atoms with van der Waals surface area (Å²) < 4.78 is 26.6. The van der Waals surface area contributed by atoms with Gasteiger partial charge in [-0.1, -0.05) is 18.2 Å². The second kappa shape index (κ2) is 2.42. The number of rotatable bonds is 0. The molecule has 1 aliphatic heterocycles. The highest BCUT2D eigenvalue weighted by Crippen LogP contribution is 2.28. The standard InChI is InChI=1S/C9H9NO2S/c1-6-4-3-5-8-7(2)10-13(11,12)9(6)8/h3-5H,1-2H3. The summed E-state index contributed by atoms with van der Waals surface area (Å²) in [5, 5.41) is 0. The molecule has 0 amide bonds. The highest BCUT2D eigenvalue weighted by Gasteiger charge is 2.27. The second-order valence-electron chi connectivity index (χ2n) is 3.10. The van der Waals surface area contributed by atoms with E-state index in [1.165, 1.54) is 0 Å². The molecule has 4 heteroatoms. The number of sulfonamides is 1. The van der Waals surface area contributed by atoms with Gasteiger partial charge in [0.1, 0.15) is 4.90 Å². The molecule has 0 N–H and O–H groups in total. The quantitative estimate of drug-likeness (QED) is 0.630. The number of hydrogen-bond donors (Lipinski definition) is 0. The van der Waals surface area contributed by atoms with Crippen molar-refractivity contribution in [3.8, 4) is 0 Å². The topological polar surface area (TPSA) is 46.5 Å². The third-order valence-corrected chi connectivity index (χ3v) is 3.69. The van der Waals surface area contributed by atoms with Gasteiger partial charge in [0.15, 0.2) is 0 Å². The molecule has 2 rings (SSSR count). The van der Waals surface area contributed by atoms with Crippen molar-refractivity contribution in [3.63, 3.8) is 0 Å². The molecule has 0 bridgehead atoms. The number of benzene rings is 1. The van der Waals surface area contributed by atoms with E-state index in [0.29, 0.717) is 10.6 Å². The first kappa shape index (κ1) is 8.44. The van der Waals surface area contributed by atoms with Gasteiger partial charge >= 0.3 is 0 Å². The maximum Gasteiger partial charge on any atom is 0.283 e. The lowest BCUT2D eigenvalue weighted by Gasteiger charge is -2.00. The van der Waals surface area contributed by atoms with E-state index in [9.17, 15) is 8.42 Å². The molecule has 3 nitrogen and oxygen atoms in total. The van der Waals surface area contributed by atoms with Crippen LogP contribution in [-0.2, 0) is 10.0 Å². The van der Waals surface area contributed by atoms with Crippen LogP contribution in [0.1, 0.15) is 18.1 Å². The van der Waals surface area contributed by atoms with E-state index in [1.807, 2.05) is 6.07 Å². The molecule has 1 aromatic carbocycles. The Hall–Kier alpha value is -1.16. The van der Waals surface area contributed by atoms with Gasteiger partial charge in [0.25, 0.3) is 10.0 Å². The Kier molecular flexibility index (Phi) is 1.57. The number of aryl methyl sites for hydroxylation is 1. The zero-order valence-corrected chi connectivity index (χ0v) is 8.22. The van der Waals surface area contributed by atoms with Gasteiger partial charge in [-0.3, -0.25) is 0 Å². The number of fused-ring (bicyclic) bond motifs is 1. The minimum Gasteiger partial charge on any atom is -0.199 e. The van der Waals surface area contributed by atoms with Crippen molar-refractivity contribution >= 4 is 15.7 Å². The molecular weight excluding hydrogens is 186 g/mol. The molecule has 0 unspecified atom stereocenters. The molecule has 0 saturated carbocycles. The van der Waals surface area contributed by atoms with Crippen molar-refractivity contribution in [2.45, 2.75) is 18.7 Å². The Morgan fingerprint density at radius 1 is 1.23 bits per heavy atom. The van der Waals surface area contributed by atoms with Crippen LogP contribution in [-0.4, -0.2) is 14.1 Å². The van der Waals surface area contributed by atoms with Gasteiger partial charge in [0, 0.05) is 5.56 Å². The highest BCUT2D eigenvalue weighted by atomic mass is 32.2. The normalized spacial score (nSPS) is 18.2. The minimum atomic E-state index is -3.40. The van der Waals surface area contributed by atoms with Crippen LogP contribution < -0.4 is 0 Å². The molecule has 0 saturated heterocycles. The lowest BCUT2D eigenvalue weighted by atomic mass is 10.1. The van der Waals surface area contributed by atoms with Crippen molar-refractivity contribution in [1.82, 2.24) is 0 Å². The van der Waals surface area contributed by atoms with Crippen molar-refractivity contribution in [1.29, 1.82) is 0 Å². The van der Waals surface area contributed by atoms with Crippen molar-refractivity contribution in [3.05, 3.63) is 29.3 Å². The fourth-order valence-corrected chi connectivity index (χ4v) is 3.07. The molecule has 0 aromatic heterocycles. The van der Waals surface area contributed by atoms with Gasteiger partial charge in [-0.2, -0.15) is 12.8 Å². The first-order valence-corrected chi connectivity index (χ1v) is 5.38. The summed E-state index contributed by atoms with van der Waals surface area (Å²) >= 11 is 0. The smallest absolute Gasteiger partial charge is 0.199 e. The zero-order chi connectivity index (χ0) is 9.64. The van der Waals surface area contributed by atoms with E-state index >= 15 is 0 Å². The summed E-state index contributed by atoms with van der Waals surface area (Å²) in [7, 11) is -3.40. The summed E-state index contributed by atoms with van der Waals surface area (Å²) in [6.45, 7) is 3.49. The van der Waals surface area contributed by atoms with E-state index in [2.05, 4.69) is 4.40 Å². The van der Waals surface area contributed by atoms with Gasteiger partial charge < -0.3 is 0 Å². The van der Waals surface area contributed by atoms with Gasteiger partial charge in [-0.15, -0.1) is 0 Å². The van der Waals surface area contributed by atoms with E-state index in [-0.39, 0.29) is 0 Å². The second-order valence-corrected chi connectivity index (χ2v) is 4.64. The van der Waals surface area contributed by atoms with Gasteiger partial charge in [-0.05, 0) is 19.4 Å². The van der Waals surface area contributed by atoms with Crippen molar-refractivity contribution in [2.24, 2.45) is 4.40 Å². The summed E-state index contributed by atoms with van der Waals surface area (Å²) in [5.41, 5.74) is 2.08. The Balaban J connectivity index is 2.90. The van der Waals surface area contributed by atoms with Gasteiger partial charge in [0.05, 0.1) is 5.71 Å². The van der Waals surface area contributed by atoms with Crippen molar-refractivity contribution < 1.29 is 8.42 Å². The van der Waals surface area contributed by atoms with E-state index in [0.717, 1.165) is 11.1 Å². The lowest BCUT2D eigenvalue weighted by molar-refractivity contribution is 0.599. The summed E-state index contributed by atoms with van der Waals surface area (Å²) in [5.74, 6) is 0. The molecule has 0 spiro atoms. The lowest BCUT2D eigenvalue weighted by Crippen LogP contribution is -1.97. The first-order valence-electron chi connectivity index (χ1n) is 3.94. The molecule has 1 aliphatic rings. The van der Waals surface area contributed by atoms with Crippen LogP contribution >= 0.6 is 0 Å². The molecule has 68 valence electrons. The highest BCUT2D eigenvalue weighted by molar-refractivity contribution is 7.90. The Morgan fingerprint density at radius 2 is 1.92 bits per heavy atom. The number of nitrogens with zero attached hydrogens (tertiary/aromatic N) is 1. The average molecular weight is 195 g/mol. The van der Waals surface area contributed by atoms with Crippen LogP contribution in [0.2, 0.25) is 0 Å². The van der Waals surface area contributed by atoms with Crippen LogP contribution in [0.4, 0.5) is 0 Å². The molecule has 0 atom stereocenters. The van der Waals surface area contributed by atoms with E-state index < -0.39 is 10.0 Å².